The van der Waals surface area contributed by atoms with Crippen molar-refractivity contribution in [1.82, 2.24) is 15.1 Å². The lowest BCUT2D eigenvalue weighted by atomic mass is 9.86. The van der Waals surface area contributed by atoms with Gasteiger partial charge in [0.25, 0.3) is 0 Å². The zero-order chi connectivity index (χ0) is 17.5. The molecule has 0 spiro atoms. The topological polar surface area (TPSA) is 27.7 Å². The van der Waals surface area contributed by atoms with E-state index in [1.807, 2.05) is 0 Å². The highest BCUT2D eigenvalue weighted by Crippen LogP contribution is 2.29. The number of ether oxygens (including phenoxy) is 1. The molecule has 4 heteroatoms. The van der Waals surface area contributed by atoms with E-state index in [9.17, 15) is 0 Å². The van der Waals surface area contributed by atoms with Gasteiger partial charge in [-0.05, 0) is 77.4 Å². The highest BCUT2D eigenvalue weighted by Gasteiger charge is 2.29. The van der Waals surface area contributed by atoms with Crippen LogP contribution in [0.15, 0.2) is 0 Å². The molecular formula is C21H41N3O. The van der Waals surface area contributed by atoms with Crippen molar-refractivity contribution in [3.63, 3.8) is 0 Å². The minimum atomic E-state index is 0.527. The fraction of sp³-hybridized carbons (Fsp3) is 1.00. The van der Waals surface area contributed by atoms with E-state index in [1.165, 1.54) is 84.1 Å². The van der Waals surface area contributed by atoms with E-state index < -0.39 is 0 Å². The number of piperazine rings is 1. The predicted octanol–water partition coefficient (Wildman–Crippen LogP) is 3.12. The molecule has 1 atom stereocenters. The monoisotopic (exact) mass is 351 g/mol. The van der Waals surface area contributed by atoms with Crippen LogP contribution in [0.5, 0.6) is 0 Å². The quantitative estimate of drug-likeness (QED) is 0.763. The molecular weight excluding hydrogens is 310 g/mol. The molecule has 2 aliphatic heterocycles. The molecule has 1 N–H and O–H groups in total. The Hall–Kier alpha value is -0.160. The van der Waals surface area contributed by atoms with E-state index in [-0.39, 0.29) is 0 Å². The number of nitrogens with zero attached hydrogens (tertiary/aromatic N) is 2. The van der Waals surface area contributed by atoms with Crippen LogP contribution in [0, 0.1) is 5.92 Å². The molecule has 1 saturated carbocycles. The Morgan fingerprint density at radius 1 is 0.960 bits per heavy atom. The molecule has 3 fully saturated rings. The summed E-state index contributed by atoms with van der Waals surface area (Å²) in [4.78, 5) is 5.44. The van der Waals surface area contributed by atoms with Gasteiger partial charge >= 0.3 is 0 Å². The molecule has 3 aliphatic rings. The smallest absolute Gasteiger partial charge is 0.0603 e. The Bertz CT molecular complexity index is 364. The van der Waals surface area contributed by atoms with Gasteiger partial charge in [-0.2, -0.15) is 0 Å². The first-order valence-electron chi connectivity index (χ1n) is 11.1. The summed E-state index contributed by atoms with van der Waals surface area (Å²) in [6.07, 6.45) is 11.5. The third-order valence-corrected chi connectivity index (χ3v) is 6.63. The van der Waals surface area contributed by atoms with Gasteiger partial charge in [0.05, 0.1) is 12.2 Å². The average Bonchev–Trinajstić information content (AvgIpc) is 2.64. The van der Waals surface area contributed by atoms with Gasteiger partial charge in [-0.1, -0.05) is 13.3 Å². The lowest BCUT2D eigenvalue weighted by Gasteiger charge is -2.42. The highest BCUT2D eigenvalue weighted by atomic mass is 16.5. The second kappa shape index (κ2) is 10.2. The average molecular weight is 352 g/mol. The Morgan fingerprint density at radius 2 is 1.68 bits per heavy atom. The zero-order valence-corrected chi connectivity index (χ0v) is 16.7. The van der Waals surface area contributed by atoms with Gasteiger partial charge < -0.3 is 15.0 Å². The van der Waals surface area contributed by atoms with Gasteiger partial charge in [0, 0.05) is 32.2 Å². The maximum atomic E-state index is 6.38. The second-order valence-electron chi connectivity index (χ2n) is 8.73. The third-order valence-electron chi connectivity index (χ3n) is 6.63. The summed E-state index contributed by atoms with van der Waals surface area (Å²) < 4.78 is 6.38. The minimum Gasteiger partial charge on any atom is -0.375 e. The summed E-state index contributed by atoms with van der Waals surface area (Å²) in [7, 11) is 0. The molecule has 146 valence electrons. The van der Waals surface area contributed by atoms with E-state index in [2.05, 4.69) is 29.0 Å². The SMILES string of the molecule is CCCCN1CCN(CC2CCC(OC3CCNCC3)CC2)C(C)C1. The first-order valence-corrected chi connectivity index (χ1v) is 11.1. The molecule has 0 amide bonds. The van der Waals surface area contributed by atoms with Gasteiger partial charge in [0.15, 0.2) is 0 Å². The van der Waals surface area contributed by atoms with Crippen LogP contribution in [-0.2, 0) is 4.74 Å². The van der Waals surface area contributed by atoms with E-state index in [1.54, 1.807) is 0 Å². The summed E-state index contributed by atoms with van der Waals surface area (Å²) in [5, 5.41) is 3.43. The number of piperidine rings is 1. The van der Waals surface area contributed by atoms with Crippen LogP contribution in [-0.4, -0.2) is 73.9 Å². The second-order valence-corrected chi connectivity index (χ2v) is 8.73. The van der Waals surface area contributed by atoms with E-state index in [0.717, 1.165) is 25.0 Å². The molecule has 0 radical (unpaired) electrons. The van der Waals surface area contributed by atoms with Crippen LogP contribution in [0.25, 0.3) is 0 Å². The van der Waals surface area contributed by atoms with Crippen LogP contribution in [0.3, 0.4) is 0 Å². The molecule has 2 heterocycles. The molecule has 1 aliphatic carbocycles. The van der Waals surface area contributed by atoms with Crippen molar-refractivity contribution in [2.24, 2.45) is 5.92 Å². The van der Waals surface area contributed by atoms with Crippen LogP contribution >= 0.6 is 0 Å². The Labute approximate surface area is 155 Å². The Kier molecular flexibility index (Phi) is 8.03. The summed E-state index contributed by atoms with van der Waals surface area (Å²) in [6, 6.07) is 0.731. The van der Waals surface area contributed by atoms with Gasteiger partial charge in [-0.25, -0.2) is 0 Å². The van der Waals surface area contributed by atoms with E-state index in [4.69, 9.17) is 4.74 Å². The molecule has 0 aromatic heterocycles. The van der Waals surface area contributed by atoms with E-state index >= 15 is 0 Å². The highest BCUT2D eigenvalue weighted by molar-refractivity contribution is 4.83. The Morgan fingerprint density at radius 3 is 2.36 bits per heavy atom. The minimum absolute atomic E-state index is 0.527. The molecule has 3 rings (SSSR count). The molecule has 1 unspecified atom stereocenters. The van der Waals surface area contributed by atoms with Crippen molar-refractivity contribution in [1.29, 1.82) is 0 Å². The third kappa shape index (κ3) is 6.20. The first-order chi connectivity index (χ1) is 12.2. The standard InChI is InChI=1S/C21H41N3O/c1-3-4-13-23-14-15-24(18(2)16-23)17-19-5-7-20(8-6-19)25-21-9-11-22-12-10-21/h18-22H,3-17H2,1-2H3. The maximum Gasteiger partial charge on any atom is 0.0603 e. The number of hydrogen-bond donors (Lipinski definition) is 1. The molecule has 4 nitrogen and oxygen atoms in total. The van der Waals surface area contributed by atoms with E-state index in [0.29, 0.717) is 12.2 Å². The van der Waals surface area contributed by atoms with Gasteiger partial charge in [-0.15, -0.1) is 0 Å². The van der Waals surface area contributed by atoms with Crippen molar-refractivity contribution < 1.29 is 4.74 Å². The van der Waals surface area contributed by atoms with Crippen molar-refractivity contribution in [3.8, 4) is 0 Å². The fourth-order valence-corrected chi connectivity index (χ4v) is 4.91. The number of unbranched alkanes of at least 4 members (excludes halogenated alkanes) is 1. The summed E-state index contributed by atoms with van der Waals surface area (Å²) >= 11 is 0. The number of nitrogens with one attached hydrogen (secondary N) is 1. The van der Waals surface area contributed by atoms with Crippen molar-refractivity contribution in [2.75, 3.05) is 45.8 Å². The summed E-state index contributed by atoms with van der Waals surface area (Å²) in [5.41, 5.74) is 0. The summed E-state index contributed by atoms with van der Waals surface area (Å²) in [6.45, 7) is 13.5. The number of hydrogen-bond acceptors (Lipinski definition) is 4. The largest absolute Gasteiger partial charge is 0.375 e. The Balaban J connectivity index is 1.33. The van der Waals surface area contributed by atoms with Gasteiger partial charge in [-0.3, -0.25) is 4.90 Å². The van der Waals surface area contributed by atoms with Crippen molar-refractivity contribution >= 4 is 0 Å². The summed E-state index contributed by atoms with van der Waals surface area (Å²) in [5.74, 6) is 0.900. The molecule has 25 heavy (non-hydrogen) atoms. The zero-order valence-electron chi connectivity index (χ0n) is 16.7. The fourth-order valence-electron chi connectivity index (χ4n) is 4.91. The molecule has 2 saturated heterocycles. The maximum absolute atomic E-state index is 6.38. The van der Waals surface area contributed by atoms with Crippen LogP contribution in [0.4, 0.5) is 0 Å². The predicted molar refractivity (Wildman–Crippen MR) is 105 cm³/mol. The molecule has 0 aromatic rings. The van der Waals surface area contributed by atoms with Crippen LogP contribution in [0.1, 0.15) is 65.2 Å². The number of rotatable bonds is 7. The lowest BCUT2D eigenvalue weighted by Crippen LogP contribution is -2.53. The van der Waals surface area contributed by atoms with Gasteiger partial charge in [0.1, 0.15) is 0 Å². The van der Waals surface area contributed by atoms with Crippen LogP contribution < -0.4 is 5.32 Å². The normalized spacial score (nSPS) is 33.6. The van der Waals surface area contributed by atoms with Crippen LogP contribution in [0.2, 0.25) is 0 Å². The van der Waals surface area contributed by atoms with Crippen molar-refractivity contribution in [3.05, 3.63) is 0 Å². The molecule has 0 bridgehead atoms. The van der Waals surface area contributed by atoms with Crippen molar-refractivity contribution in [2.45, 2.75) is 83.5 Å². The lowest BCUT2D eigenvalue weighted by molar-refractivity contribution is -0.0513. The first kappa shape index (κ1) is 19.6. The molecule has 0 aromatic carbocycles. The van der Waals surface area contributed by atoms with Gasteiger partial charge in [0.2, 0.25) is 0 Å².